The number of carboxylic acid groups (broad SMARTS) is 1. The number of benzene rings is 3. The van der Waals surface area contributed by atoms with E-state index in [4.69, 9.17) is 4.74 Å². The number of piperazine rings is 1. The molecule has 5 rings (SSSR count). The van der Waals surface area contributed by atoms with Crippen LogP contribution in [-0.4, -0.2) is 65.0 Å². The van der Waals surface area contributed by atoms with Crippen molar-refractivity contribution in [2.45, 2.75) is 32.4 Å². The normalized spacial score (nSPS) is 13.9. The quantitative estimate of drug-likeness (QED) is 0.292. The van der Waals surface area contributed by atoms with Crippen molar-refractivity contribution in [1.29, 1.82) is 0 Å². The molecular formula is C33H34N4O5. The summed E-state index contributed by atoms with van der Waals surface area (Å²) < 4.78 is 6.10. The Morgan fingerprint density at radius 2 is 1.67 bits per heavy atom. The van der Waals surface area contributed by atoms with Crippen LogP contribution in [0.4, 0.5) is 5.69 Å². The van der Waals surface area contributed by atoms with Crippen molar-refractivity contribution >= 4 is 34.4 Å². The molecule has 0 radical (unpaired) electrons. The Bertz CT molecular complexity index is 1570. The number of carbonyl (C=O) groups is 3. The first-order valence-electron chi connectivity index (χ1n) is 14.1. The lowest BCUT2D eigenvalue weighted by atomic mass is 10.1. The number of hydrogen-bond donors (Lipinski definition) is 2. The number of ether oxygens (including phenoxy) is 1. The van der Waals surface area contributed by atoms with Crippen molar-refractivity contribution < 1.29 is 24.2 Å². The molecule has 0 saturated carbocycles. The highest BCUT2D eigenvalue weighted by Gasteiger charge is 2.30. The van der Waals surface area contributed by atoms with Crippen molar-refractivity contribution in [3.8, 4) is 5.75 Å². The zero-order valence-corrected chi connectivity index (χ0v) is 23.5. The third-order valence-electron chi connectivity index (χ3n) is 7.36. The number of nitrogens with one attached hydrogen (secondary N) is 1. The number of carbonyl (C=O) groups excluding carboxylic acids is 2. The summed E-state index contributed by atoms with van der Waals surface area (Å²) in [5.74, 6) is -1.40. The molecule has 0 aliphatic carbocycles. The van der Waals surface area contributed by atoms with Gasteiger partial charge in [0.2, 0.25) is 5.91 Å². The number of para-hydroxylation sites is 1. The number of anilines is 1. The van der Waals surface area contributed by atoms with Crippen molar-refractivity contribution in [3.05, 3.63) is 102 Å². The van der Waals surface area contributed by atoms with Gasteiger partial charge in [0, 0.05) is 49.7 Å². The number of carboxylic acids is 1. The maximum absolute atomic E-state index is 13.6. The largest absolute Gasteiger partial charge is 0.488 e. The van der Waals surface area contributed by atoms with Gasteiger partial charge >= 0.3 is 5.97 Å². The lowest BCUT2D eigenvalue weighted by molar-refractivity contribution is -0.138. The van der Waals surface area contributed by atoms with Crippen LogP contribution in [0, 0.1) is 6.92 Å². The second-order valence-corrected chi connectivity index (χ2v) is 10.4. The zero-order valence-electron chi connectivity index (χ0n) is 23.5. The predicted octanol–water partition coefficient (Wildman–Crippen LogP) is 4.43. The van der Waals surface area contributed by atoms with E-state index >= 15 is 0 Å². The Morgan fingerprint density at radius 1 is 0.929 bits per heavy atom. The molecule has 1 atom stereocenters. The van der Waals surface area contributed by atoms with Crippen molar-refractivity contribution in [2.24, 2.45) is 0 Å². The van der Waals surface area contributed by atoms with Crippen LogP contribution in [0.25, 0.3) is 10.9 Å². The van der Waals surface area contributed by atoms with Gasteiger partial charge in [-0.1, -0.05) is 54.6 Å². The van der Waals surface area contributed by atoms with Crippen LogP contribution in [0.2, 0.25) is 0 Å². The Hall–Kier alpha value is -4.92. The maximum atomic E-state index is 13.6. The highest BCUT2D eigenvalue weighted by atomic mass is 16.5. The molecule has 1 aromatic heterocycles. The van der Waals surface area contributed by atoms with Crippen molar-refractivity contribution in [2.75, 3.05) is 31.1 Å². The summed E-state index contributed by atoms with van der Waals surface area (Å²) >= 11 is 0. The fourth-order valence-corrected chi connectivity index (χ4v) is 5.10. The van der Waals surface area contributed by atoms with Gasteiger partial charge in [-0.15, -0.1) is 0 Å². The number of hydrogen-bond acceptors (Lipinski definition) is 6. The Balaban J connectivity index is 1.31. The lowest BCUT2D eigenvalue weighted by Gasteiger charge is -2.37. The van der Waals surface area contributed by atoms with E-state index in [1.54, 1.807) is 17.0 Å². The van der Waals surface area contributed by atoms with Gasteiger partial charge in [0.15, 0.2) is 0 Å². The SMILES string of the molecule is Cc1cccc(N2CCN(C(=O)C(CCC(=O)O)NC(=O)c3cc(OCc4ccccc4)c4ccccc4n3)CC2)c1. The van der Waals surface area contributed by atoms with Gasteiger partial charge in [0.25, 0.3) is 5.91 Å². The molecule has 1 unspecified atom stereocenters. The summed E-state index contributed by atoms with van der Waals surface area (Å²) in [5.41, 5.74) is 3.91. The minimum Gasteiger partial charge on any atom is -0.488 e. The van der Waals surface area contributed by atoms with Gasteiger partial charge in [-0.05, 0) is 48.7 Å². The third kappa shape index (κ3) is 7.04. The second-order valence-electron chi connectivity index (χ2n) is 10.4. The average molecular weight is 567 g/mol. The highest BCUT2D eigenvalue weighted by molar-refractivity contribution is 5.99. The average Bonchev–Trinajstić information content (AvgIpc) is 3.01. The van der Waals surface area contributed by atoms with Gasteiger partial charge in [-0.3, -0.25) is 14.4 Å². The number of aromatic nitrogens is 1. The molecule has 2 heterocycles. The van der Waals surface area contributed by atoms with Gasteiger partial charge in [0.1, 0.15) is 24.1 Å². The summed E-state index contributed by atoms with van der Waals surface area (Å²) in [6, 6.07) is 25.9. The maximum Gasteiger partial charge on any atom is 0.303 e. The zero-order chi connectivity index (χ0) is 29.5. The Kier molecular flexibility index (Phi) is 8.96. The minimum absolute atomic E-state index is 0.0249. The fraction of sp³-hybridized carbons (Fsp3) is 0.273. The molecule has 2 amide bonds. The first-order chi connectivity index (χ1) is 20.4. The molecular weight excluding hydrogens is 532 g/mol. The summed E-state index contributed by atoms with van der Waals surface area (Å²) in [6.07, 6.45) is -0.278. The summed E-state index contributed by atoms with van der Waals surface area (Å²) in [4.78, 5) is 46.9. The number of rotatable bonds is 10. The molecule has 1 saturated heterocycles. The number of pyridine rings is 1. The van der Waals surface area contributed by atoms with E-state index in [2.05, 4.69) is 27.3 Å². The smallest absolute Gasteiger partial charge is 0.303 e. The van der Waals surface area contributed by atoms with E-state index in [1.807, 2.05) is 67.6 Å². The van der Waals surface area contributed by atoms with Gasteiger partial charge in [-0.25, -0.2) is 4.98 Å². The number of aryl methyl sites for hydroxylation is 1. The van der Waals surface area contributed by atoms with Crippen LogP contribution in [0.15, 0.2) is 84.9 Å². The van der Waals surface area contributed by atoms with E-state index in [1.165, 1.54) is 5.56 Å². The topological polar surface area (TPSA) is 112 Å². The molecule has 2 N–H and O–H groups in total. The van der Waals surface area contributed by atoms with Crippen LogP contribution in [0.1, 0.15) is 34.5 Å². The molecule has 1 fully saturated rings. The molecule has 4 aromatic rings. The van der Waals surface area contributed by atoms with Gasteiger partial charge < -0.3 is 25.0 Å². The highest BCUT2D eigenvalue weighted by Crippen LogP contribution is 2.27. The van der Waals surface area contributed by atoms with E-state index in [0.29, 0.717) is 44.1 Å². The monoisotopic (exact) mass is 566 g/mol. The Labute approximate surface area is 244 Å². The van der Waals surface area contributed by atoms with E-state index in [0.717, 1.165) is 16.6 Å². The van der Waals surface area contributed by atoms with Gasteiger partial charge in [0.05, 0.1) is 5.52 Å². The fourth-order valence-electron chi connectivity index (χ4n) is 5.10. The molecule has 9 nitrogen and oxygen atoms in total. The van der Waals surface area contributed by atoms with Crippen LogP contribution >= 0.6 is 0 Å². The molecule has 1 aliphatic rings. The molecule has 42 heavy (non-hydrogen) atoms. The standard InChI is InChI=1S/C33H34N4O5/c1-23-8-7-11-25(20-23)36-16-18-37(19-17-36)33(41)28(14-15-31(38)39)35-32(40)29-21-30(26-12-5-6-13-27(26)34-29)42-22-24-9-3-2-4-10-24/h2-13,20-21,28H,14-19,22H2,1H3,(H,35,40)(H,38,39). The molecule has 1 aliphatic heterocycles. The van der Waals surface area contributed by atoms with Crippen molar-refractivity contribution in [3.63, 3.8) is 0 Å². The summed E-state index contributed by atoms with van der Waals surface area (Å²) in [5, 5.41) is 12.9. The van der Waals surface area contributed by atoms with Crippen LogP contribution in [0.5, 0.6) is 5.75 Å². The third-order valence-corrected chi connectivity index (χ3v) is 7.36. The molecule has 0 bridgehead atoms. The summed E-state index contributed by atoms with van der Waals surface area (Å²) in [6.45, 7) is 4.58. The minimum atomic E-state index is -1.04. The number of nitrogens with zero attached hydrogens (tertiary/aromatic N) is 3. The van der Waals surface area contributed by atoms with Crippen LogP contribution < -0.4 is 15.0 Å². The summed E-state index contributed by atoms with van der Waals surface area (Å²) in [7, 11) is 0. The lowest BCUT2D eigenvalue weighted by Crippen LogP contribution is -2.55. The Morgan fingerprint density at radius 3 is 2.40 bits per heavy atom. The van der Waals surface area contributed by atoms with Crippen LogP contribution in [-0.2, 0) is 16.2 Å². The van der Waals surface area contributed by atoms with Gasteiger partial charge in [-0.2, -0.15) is 0 Å². The van der Waals surface area contributed by atoms with E-state index in [-0.39, 0.29) is 24.4 Å². The number of amides is 2. The first-order valence-corrected chi connectivity index (χ1v) is 14.1. The molecule has 216 valence electrons. The van der Waals surface area contributed by atoms with Crippen molar-refractivity contribution in [1.82, 2.24) is 15.2 Å². The molecule has 9 heteroatoms. The number of fused-ring (bicyclic) bond motifs is 1. The van der Waals surface area contributed by atoms with Crippen LogP contribution in [0.3, 0.4) is 0 Å². The molecule has 0 spiro atoms. The van der Waals surface area contributed by atoms with E-state index < -0.39 is 17.9 Å². The first kappa shape index (κ1) is 28.6. The van der Waals surface area contributed by atoms with E-state index in [9.17, 15) is 19.5 Å². The molecule has 3 aromatic carbocycles. The predicted molar refractivity (Wildman–Crippen MR) is 161 cm³/mol. The number of aliphatic carboxylic acids is 1. The second kappa shape index (κ2) is 13.2.